The SMILES string of the molecule is CC(c1ccc(COCC2COC2)cc1)C(C)(C)C. The Kier molecular flexibility index (Phi) is 4.64. The molecule has 0 spiro atoms. The average Bonchev–Trinajstić information content (AvgIpc) is 2.31. The van der Waals surface area contributed by atoms with Crippen LogP contribution in [0.15, 0.2) is 24.3 Å². The molecule has 1 aromatic carbocycles. The van der Waals surface area contributed by atoms with Gasteiger partial charge in [0, 0.05) is 5.92 Å². The van der Waals surface area contributed by atoms with Gasteiger partial charge in [0.2, 0.25) is 0 Å². The molecule has 0 saturated carbocycles. The third-order valence-electron chi connectivity index (χ3n) is 4.11. The maximum atomic E-state index is 5.71. The summed E-state index contributed by atoms with van der Waals surface area (Å²) in [5.41, 5.74) is 2.97. The lowest BCUT2D eigenvalue weighted by molar-refractivity contribution is -0.0745. The second-order valence-corrected chi connectivity index (χ2v) is 6.75. The molecule has 1 aromatic rings. The molecule has 106 valence electrons. The molecule has 2 rings (SSSR count). The fourth-order valence-electron chi connectivity index (χ4n) is 2.13. The van der Waals surface area contributed by atoms with Crippen LogP contribution in [0.5, 0.6) is 0 Å². The van der Waals surface area contributed by atoms with Gasteiger partial charge in [-0.3, -0.25) is 0 Å². The van der Waals surface area contributed by atoms with Crippen LogP contribution in [0.25, 0.3) is 0 Å². The molecule has 1 fully saturated rings. The van der Waals surface area contributed by atoms with Crippen molar-refractivity contribution in [2.24, 2.45) is 11.3 Å². The second-order valence-electron chi connectivity index (χ2n) is 6.75. The second kappa shape index (κ2) is 6.06. The molecule has 0 radical (unpaired) electrons. The quantitative estimate of drug-likeness (QED) is 0.798. The third-order valence-corrected chi connectivity index (χ3v) is 4.11. The topological polar surface area (TPSA) is 18.5 Å². The summed E-state index contributed by atoms with van der Waals surface area (Å²) in [5, 5.41) is 0. The van der Waals surface area contributed by atoms with Crippen LogP contribution in [0.3, 0.4) is 0 Å². The van der Waals surface area contributed by atoms with Crippen LogP contribution in [0.1, 0.15) is 44.7 Å². The minimum Gasteiger partial charge on any atom is -0.381 e. The van der Waals surface area contributed by atoms with Crippen molar-refractivity contribution in [2.75, 3.05) is 19.8 Å². The van der Waals surface area contributed by atoms with E-state index < -0.39 is 0 Å². The summed E-state index contributed by atoms with van der Waals surface area (Å²) < 4.78 is 10.8. The highest BCUT2D eigenvalue weighted by Crippen LogP contribution is 2.34. The first kappa shape index (κ1) is 14.5. The first-order valence-corrected chi connectivity index (χ1v) is 7.21. The van der Waals surface area contributed by atoms with Gasteiger partial charge in [-0.05, 0) is 22.5 Å². The maximum absolute atomic E-state index is 5.71. The summed E-state index contributed by atoms with van der Waals surface area (Å²) in [6.07, 6.45) is 0. The van der Waals surface area contributed by atoms with Crippen molar-refractivity contribution in [3.8, 4) is 0 Å². The number of ether oxygens (including phenoxy) is 2. The van der Waals surface area contributed by atoms with Gasteiger partial charge in [-0.15, -0.1) is 0 Å². The monoisotopic (exact) mass is 262 g/mol. The molecule has 1 saturated heterocycles. The number of hydrogen-bond donors (Lipinski definition) is 0. The van der Waals surface area contributed by atoms with Gasteiger partial charge >= 0.3 is 0 Å². The van der Waals surface area contributed by atoms with Crippen molar-refractivity contribution >= 4 is 0 Å². The van der Waals surface area contributed by atoms with E-state index in [1.165, 1.54) is 11.1 Å². The number of rotatable bonds is 5. The summed E-state index contributed by atoms with van der Waals surface area (Å²) in [4.78, 5) is 0. The highest BCUT2D eigenvalue weighted by molar-refractivity contribution is 5.25. The first-order valence-electron chi connectivity index (χ1n) is 7.21. The van der Waals surface area contributed by atoms with Crippen LogP contribution < -0.4 is 0 Å². The Balaban J connectivity index is 1.83. The molecular weight excluding hydrogens is 236 g/mol. The maximum Gasteiger partial charge on any atom is 0.0717 e. The lowest BCUT2D eigenvalue weighted by Crippen LogP contribution is -2.31. The molecule has 19 heavy (non-hydrogen) atoms. The van der Waals surface area contributed by atoms with Crippen molar-refractivity contribution in [3.63, 3.8) is 0 Å². The highest BCUT2D eigenvalue weighted by Gasteiger charge is 2.21. The Morgan fingerprint density at radius 2 is 1.84 bits per heavy atom. The lowest BCUT2D eigenvalue weighted by Gasteiger charge is -2.28. The zero-order chi connectivity index (χ0) is 13.9. The van der Waals surface area contributed by atoms with Crippen molar-refractivity contribution in [2.45, 2.75) is 40.2 Å². The van der Waals surface area contributed by atoms with E-state index in [0.29, 0.717) is 23.9 Å². The fraction of sp³-hybridized carbons (Fsp3) is 0.647. The van der Waals surface area contributed by atoms with Crippen LogP contribution >= 0.6 is 0 Å². The van der Waals surface area contributed by atoms with E-state index >= 15 is 0 Å². The molecule has 1 atom stereocenters. The molecule has 1 aliphatic heterocycles. The van der Waals surface area contributed by atoms with E-state index in [0.717, 1.165) is 19.8 Å². The van der Waals surface area contributed by atoms with E-state index in [4.69, 9.17) is 9.47 Å². The molecule has 1 heterocycles. The van der Waals surface area contributed by atoms with Crippen molar-refractivity contribution in [3.05, 3.63) is 35.4 Å². The van der Waals surface area contributed by atoms with E-state index in [2.05, 4.69) is 52.0 Å². The van der Waals surface area contributed by atoms with E-state index in [-0.39, 0.29) is 0 Å². The molecular formula is C17H26O2. The van der Waals surface area contributed by atoms with Crippen LogP contribution in [0.4, 0.5) is 0 Å². The minimum atomic E-state index is 0.308. The number of benzene rings is 1. The van der Waals surface area contributed by atoms with E-state index in [1.54, 1.807) is 0 Å². The summed E-state index contributed by atoms with van der Waals surface area (Å²) in [7, 11) is 0. The van der Waals surface area contributed by atoms with Gasteiger partial charge in [-0.25, -0.2) is 0 Å². The summed E-state index contributed by atoms with van der Waals surface area (Å²) >= 11 is 0. The molecule has 2 heteroatoms. The van der Waals surface area contributed by atoms with Gasteiger partial charge in [-0.2, -0.15) is 0 Å². The molecule has 1 unspecified atom stereocenters. The van der Waals surface area contributed by atoms with Crippen molar-refractivity contribution in [1.82, 2.24) is 0 Å². The average molecular weight is 262 g/mol. The fourth-order valence-corrected chi connectivity index (χ4v) is 2.13. The summed E-state index contributed by atoms with van der Waals surface area (Å²) in [6, 6.07) is 8.85. The van der Waals surface area contributed by atoms with Gasteiger partial charge in [0.25, 0.3) is 0 Å². The van der Waals surface area contributed by atoms with Gasteiger partial charge in [0.15, 0.2) is 0 Å². The van der Waals surface area contributed by atoms with Gasteiger partial charge in [0.05, 0.1) is 26.4 Å². The largest absolute Gasteiger partial charge is 0.381 e. The van der Waals surface area contributed by atoms with Gasteiger partial charge in [0.1, 0.15) is 0 Å². The summed E-state index contributed by atoms with van der Waals surface area (Å²) in [6.45, 7) is 12.4. The normalized spacial score (nSPS) is 18.1. The highest BCUT2D eigenvalue weighted by atomic mass is 16.5. The Morgan fingerprint density at radius 3 is 2.32 bits per heavy atom. The van der Waals surface area contributed by atoms with Gasteiger partial charge < -0.3 is 9.47 Å². The van der Waals surface area contributed by atoms with Crippen molar-refractivity contribution in [1.29, 1.82) is 0 Å². The smallest absolute Gasteiger partial charge is 0.0717 e. The molecule has 1 aliphatic rings. The zero-order valence-electron chi connectivity index (χ0n) is 12.6. The third kappa shape index (κ3) is 4.05. The van der Waals surface area contributed by atoms with E-state index in [9.17, 15) is 0 Å². The predicted molar refractivity (Wildman–Crippen MR) is 78.3 cm³/mol. The molecule has 0 N–H and O–H groups in total. The molecule has 2 nitrogen and oxygen atoms in total. The Labute approximate surface area is 117 Å². The van der Waals surface area contributed by atoms with Crippen LogP contribution in [-0.4, -0.2) is 19.8 Å². The Bertz CT molecular complexity index is 385. The molecule has 0 aliphatic carbocycles. The molecule has 0 amide bonds. The first-order chi connectivity index (χ1) is 8.97. The Morgan fingerprint density at radius 1 is 1.21 bits per heavy atom. The standard InChI is InChI=1S/C17H26O2/c1-13(17(2,3)4)16-7-5-14(6-8-16)9-18-10-15-11-19-12-15/h5-8,13,15H,9-12H2,1-4H3. The molecule has 0 aromatic heterocycles. The summed E-state index contributed by atoms with van der Waals surface area (Å²) in [5.74, 6) is 1.18. The molecule has 0 bridgehead atoms. The van der Waals surface area contributed by atoms with Crippen molar-refractivity contribution < 1.29 is 9.47 Å². The Hall–Kier alpha value is -0.860. The van der Waals surface area contributed by atoms with Crippen LogP contribution in [0, 0.1) is 11.3 Å². The number of hydrogen-bond acceptors (Lipinski definition) is 2. The van der Waals surface area contributed by atoms with E-state index in [1.807, 2.05) is 0 Å². The lowest BCUT2D eigenvalue weighted by atomic mass is 9.78. The van der Waals surface area contributed by atoms with Gasteiger partial charge in [-0.1, -0.05) is 52.0 Å². The van der Waals surface area contributed by atoms with Crippen LogP contribution in [0.2, 0.25) is 0 Å². The predicted octanol–water partition coefficient (Wildman–Crippen LogP) is 4.00. The minimum absolute atomic E-state index is 0.308. The zero-order valence-corrected chi connectivity index (χ0v) is 12.6. The van der Waals surface area contributed by atoms with Crippen LogP contribution in [-0.2, 0) is 16.1 Å².